The fourth-order valence-electron chi connectivity index (χ4n) is 2.24. The molecule has 0 unspecified atom stereocenters. The Bertz CT molecular complexity index is 467. The molecule has 6 nitrogen and oxygen atoms in total. The highest BCUT2D eigenvalue weighted by atomic mass is 32.1. The van der Waals surface area contributed by atoms with Gasteiger partial charge in [0.1, 0.15) is 5.69 Å². The van der Waals surface area contributed by atoms with Crippen molar-refractivity contribution in [1.82, 2.24) is 10.3 Å². The van der Waals surface area contributed by atoms with Crippen LogP contribution in [0.5, 0.6) is 0 Å². The Kier molecular flexibility index (Phi) is 4.36. The first-order valence-electron chi connectivity index (χ1n) is 6.27. The van der Waals surface area contributed by atoms with Gasteiger partial charge in [0.2, 0.25) is 0 Å². The predicted molar refractivity (Wildman–Crippen MR) is 72.5 cm³/mol. The number of thiazole rings is 1. The summed E-state index contributed by atoms with van der Waals surface area (Å²) in [5.74, 6) is -1.18. The van der Waals surface area contributed by atoms with Crippen LogP contribution in [0.3, 0.4) is 0 Å². The number of nitrogens with one attached hydrogen (secondary N) is 2. The van der Waals surface area contributed by atoms with Crippen LogP contribution in [0.2, 0.25) is 0 Å². The van der Waals surface area contributed by atoms with Crippen molar-refractivity contribution in [3.8, 4) is 0 Å². The van der Waals surface area contributed by atoms with Gasteiger partial charge in [-0.2, -0.15) is 0 Å². The molecule has 1 aromatic rings. The zero-order valence-electron chi connectivity index (χ0n) is 10.7. The van der Waals surface area contributed by atoms with E-state index in [2.05, 4.69) is 15.6 Å². The number of carbonyl (C=O) groups is 2. The third-order valence-electron chi connectivity index (χ3n) is 3.36. The molecule has 0 bridgehead atoms. The summed E-state index contributed by atoms with van der Waals surface area (Å²) in [6.07, 6.45) is 2.68. The lowest BCUT2D eigenvalue weighted by molar-refractivity contribution is -0.142. The van der Waals surface area contributed by atoms with Gasteiger partial charge in [-0.3, -0.25) is 9.59 Å². The van der Waals surface area contributed by atoms with Crippen LogP contribution in [-0.4, -0.2) is 35.1 Å². The molecule has 104 valence electrons. The van der Waals surface area contributed by atoms with Gasteiger partial charge in [0.25, 0.3) is 5.91 Å². The molecule has 3 N–H and O–H groups in total. The summed E-state index contributed by atoms with van der Waals surface area (Å²) >= 11 is 1.38. The number of carboxylic acids is 1. The maximum Gasteiger partial charge on any atom is 0.306 e. The van der Waals surface area contributed by atoms with Crippen LogP contribution in [0.15, 0.2) is 5.38 Å². The predicted octanol–water partition coefficient (Wildman–Crippen LogP) is 1.56. The number of amides is 1. The van der Waals surface area contributed by atoms with E-state index in [9.17, 15) is 9.59 Å². The summed E-state index contributed by atoms with van der Waals surface area (Å²) in [5, 5.41) is 17.1. The summed E-state index contributed by atoms with van der Waals surface area (Å²) < 4.78 is 0. The molecule has 0 aromatic carbocycles. The second-order valence-electron chi connectivity index (χ2n) is 4.65. The summed E-state index contributed by atoms with van der Waals surface area (Å²) in [4.78, 5) is 26.9. The van der Waals surface area contributed by atoms with Crippen molar-refractivity contribution in [2.75, 3.05) is 12.4 Å². The van der Waals surface area contributed by atoms with Gasteiger partial charge < -0.3 is 15.7 Å². The van der Waals surface area contributed by atoms with Crippen molar-refractivity contribution in [3.05, 3.63) is 11.1 Å². The van der Waals surface area contributed by atoms with Gasteiger partial charge in [-0.05, 0) is 25.7 Å². The van der Waals surface area contributed by atoms with Gasteiger partial charge >= 0.3 is 5.97 Å². The van der Waals surface area contributed by atoms with Crippen LogP contribution in [0.1, 0.15) is 36.2 Å². The molecule has 2 rings (SSSR count). The standard InChI is InChI=1S/C12H17N3O3S/c1-13-12-15-9(6-19-12)10(16)14-8-4-2-7(3-5-8)11(17)18/h6-8H,2-5H2,1H3,(H,13,15)(H,14,16)(H,17,18). The molecule has 0 aliphatic heterocycles. The van der Waals surface area contributed by atoms with E-state index in [4.69, 9.17) is 5.11 Å². The maximum absolute atomic E-state index is 11.9. The van der Waals surface area contributed by atoms with E-state index >= 15 is 0 Å². The summed E-state index contributed by atoms with van der Waals surface area (Å²) in [6, 6.07) is 0.0582. The minimum atomic E-state index is -0.733. The van der Waals surface area contributed by atoms with E-state index in [1.165, 1.54) is 11.3 Å². The number of aromatic nitrogens is 1. The van der Waals surface area contributed by atoms with E-state index in [-0.39, 0.29) is 17.9 Å². The number of aliphatic carboxylic acids is 1. The zero-order chi connectivity index (χ0) is 13.8. The highest BCUT2D eigenvalue weighted by Gasteiger charge is 2.27. The molecule has 0 atom stereocenters. The van der Waals surface area contributed by atoms with Gasteiger partial charge in [-0.1, -0.05) is 0 Å². The van der Waals surface area contributed by atoms with Crippen LogP contribution in [0.4, 0.5) is 5.13 Å². The largest absolute Gasteiger partial charge is 0.481 e. The fraction of sp³-hybridized carbons (Fsp3) is 0.583. The fourth-order valence-corrected chi connectivity index (χ4v) is 2.89. The Morgan fingerprint density at radius 1 is 1.37 bits per heavy atom. The lowest BCUT2D eigenvalue weighted by Crippen LogP contribution is -2.38. The van der Waals surface area contributed by atoms with Gasteiger partial charge in [-0.25, -0.2) is 4.98 Å². The minimum Gasteiger partial charge on any atom is -0.481 e. The lowest BCUT2D eigenvalue weighted by Gasteiger charge is -2.26. The molecule has 19 heavy (non-hydrogen) atoms. The van der Waals surface area contributed by atoms with Crippen LogP contribution >= 0.6 is 11.3 Å². The van der Waals surface area contributed by atoms with Crippen molar-refractivity contribution < 1.29 is 14.7 Å². The van der Waals surface area contributed by atoms with Crippen molar-refractivity contribution in [2.24, 2.45) is 5.92 Å². The SMILES string of the molecule is CNc1nc(C(=O)NC2CCC(C(=O)O)CC2)cs1. The second-order valence-corrected chi connectivity index (χ2v) is 5.51. The summed E-state index contributed by atoms with van der Waals surface area (Å²) in [5.41, 5.74) is 0.412. The van der Waals surface area contributed by atoms with Crippen LogP contribution in [-0.2, 0) is 4.79 Å². The molecule has 7 heteroatoms. The highest BCUT2D eigenvalue weighted by molar-refractivity contribution is 7.13. The van der Waals surface area contributed by atoms with Crippen molar-refractivity contribution >= 4 is 28.3 Å². The van der Waals surface area contributed by atoms with Crippen LogP contribution in [0, 0.1) is 5.92 Å². The number of nitrogens with zero attached hydrogens (tertiary/aromatic N) is 1. The van der Waals surface area contributed by atoms with Gasteiger partial charge in [0, 0.05) is 18.5 Å². The Balaban J connectivity index is 1.85. The number of carboxylic acid groups (broad SMARTS) is 1. The monoisotopic (exact) mass is 283 g/mol. The zero-order valence-corrected chi connectivity index (χ0v) is 11.5. The van der Waals surface area contributed by atoms with Crippen molar-refractivity contribution in [1.29, 1.82) is 0 Å². The molecule has 1 saturated carbocycles. The molecule has 1 aliphatic rings. The van der Waals surface area contributed by atoms with E-state index in [0.717, 1.165) is 0 Å². The molecule has 0 spiro atoms. The van der Waals surface area contributed by atoms with Gasteiger partial charge in [-0.15, -0.1) is 11.3 Å². The Morgan fingerprint density at radius 2 is 2.05 bits per heavy atom. The third-order valence-corrected chi connectivity index (χ3v) is 4.22. The Labute approximate surface area is 115 Å². The van der Waals surface area contributed by atoms with Gasteiger partial charge in [0.15, 0.2) is 5.13 Å². The topological polar surface area (TPSA) is 91.3 Å². The molecule has 1 fully saturated rings. The second kappa shape index (κ2) is 6.01. The van der Waals surface area contributed by atoms with Crippen LogP contribution < -0.4 is 10.6 Å². The van der Waals surface area contributed by atoms with E-state index in [1.54, 1.807) is 12.4 Å². The lowest BCUT2D eigenvalue weighted by atomic mass is 9.86. The van der Waals surface area contributed by atoms with E-state index in [0.29, 0.717) is 36.5 Å². The van der Waals surface area contributed by atoms with Crippen molar-refractivity contribution in [3.63, 3.8) is 0 Å². The quantitative estimate of drug-likeness (QED) is 0.780. The summed E-state index contributed by atoms with van der Waals surface area (Å²) in [7, 11) is 1.76. The third kappa shape index (κ3) is 3.44. The molecule has 1 amide bonds. The molecule has 1 aromatic heterocycles. The number of hydrogen-bond acceptors (Lipinski definition) is 5. The molecule has 0 saturated heterocycles. The smallest absolute Gasteiger partial charge is 0.306 e. The van der Waals surface area contributed by atoms with E-state index in [1.807, 2.05) is 0 Å². The molecular formula is C12H17N3O3S. The first kappa shape index (κ1) is 13.8. The minimum absolute atomic E-state index is 0.0582. The molecular weight excluding hydrogens is 266 g/mol. The Hall–Kier alpha value is -1.63. The molecule has 1 aliphatic carbocycles. The average molecular weight is 283 g/mol. The summed E-state index contributed by atoms with van der Waals surface area (Å²) in [6.45, 7) is 0. The molecule has 1 heterocycles. The first-order chi connectivity index (χ1) is 9.10. The maximum atomic E-state index is 11.9. The van der Waals surface area contributed by atoms with Gasteiger partial charge in [0.05, 0.1) is 5.92 Å². The van der Waals surface area contributed by atoms with Crippen LogP contribution in [0.25, 0.3) is 0 Å². The number of rotatable bonds is 4. The number of hydrogen-bond donors (Lipinski definition) is 3. The van der Waals surface area contributed by atoms with E-state index < -0.39 is 5.97 Å². The average Bonchev–Trinajstić information content (AvgIpc) is 2.88. The normalized spacial score (nSPS) is 22.8. The number of carbonyl (C=O) groups excluding carboxylic acids is 1. The molecule has 0 radical (unpaired) electrons. The Morgan fingerprint density at radius 3 is 2.58 bits per heavy atom. The van der Waals surface area contributed by atoms with Crippen molar-refractivity contribution in [2.45, 2.75) is 31.7 Å². The first-order valence-corrected chi connectivity index (χ1v) is 7.15. The number of anilines is 1. The highest BCUT2D eigenvalue weighted by Crippen LogP contribution is 2.24.